The molecule has 2 N–H and O–H groups in total. The molecular weight excluding hydrogens is 495 g/mol. The second-order valence-electron chi connectivity index (χ2n) is 6.27. The molecule has 0 spiro atoms. The van der Waals surface area contributed by atoms with Crippen LogP contribution < -0.4 is 10.6 Å². The minimum Gasteiger partial charge on any atom is -0.356 e. The number of rotatable bonds is 9. The van der Waals surface area contributed by atoms with Crippen LogP contribution in [0.1, 0.15) is 32.6 Å². The number of nitrogens with one attached hydrogen (secondary N) is 2. The summed E-state index contributed by atoms with van der Waals surface area (Å²) in [6.07, 6.45) is 3.65. The second kappa shape index (κ2) is 13.5. The fourth-order valence-electron chi connectivity index (χ4n) is 3.08. The van der Waals surface area contributed by atoms with E-state index in [-0.39, 0.29) is 24.0 Å². The molecule has 1 aromatic carbocycles. The number of hydrogen-bond acceptors (Lipinski definition) is 3. The molecule has 1 amide bonds. The molecule has 1 aliphatic rings. The van der Waals surface area contributed by atoms with Crippen LogP contribution in [0.4, 0.5) is 0 Å². The number of guanidine groups is 1. The molecule has 1 aliphatic heterocycles. The van der Waals surface area contributed by atoms with Crippen LogP contribution in [0.2, 0.25) is 5.02 Å². The first-order chi connectivity index (χ1) is 12.6. The van der Waals surface area contributed by atoms with E-state index in [0.29, 0.717) is 18.4 Å². The lowest BCUT2D eigenvalue weighted by Gasteiger charge is -2.27. The first kappa shape index (κ1) is 24.4. The van der Waals surface area contributed by atoms with Crippen molar-refractivity contribution in [2.24, 2.45) is 4.99 Å². The summed E-state index contributed by atoms with van der Waals surface area (Å²) in [6, 6.07) is 8.21. The molecule has 1 fully saturated rings. The van der Waals surface area contributed by atoms with Gasteiger partial charge >= 0.3 is 0 Å². The van der Waals surface area contributed by atoms with Gasteiger partial charge in [-0.15, -0.1) is 35.7 Å². The highest BCUT2D eigenvalue weighted by Crippen LogP contribution is 2.19. The van der Waals surface area contributed by atoms with E-state index in [1.165, 1.54) is 4.90 Å². The average molecular weight is 525 g/mol. The van der Waals surface area contributed by atoms with Gasteiger partial charge in [0.1, 0.15) is 0 Å². The predicted octanol–water partition coefficient (Wildman–Crippen LogP) is 4.01. The van der Waals surface area contributed by atoms with Crippen LogP contribution in [0.5, 0.6) is 0 Å². The lowest BCUT2D eigenvalue weighted by atomic mass is 10.1. The topological polar surface area (TPSA) is 56.7 Å². The standard InChI is InChI=1S/C19H29ClN4OS.HI/c1-3-16(24-13-4-5-18(24)25)10-11-22-19(21-2)23-12-14-26-17-8-6-15(20)7-9-17;/h6-9,16H,3-5,10-14H2,1-2H3,(H2,21,22,23);1H. The Hall–Kier alpha value is -0.670. The minimum absolute atomic E-state index is 0. The monoisotopic (exact) mass is 524 g/mol. The Labute approximate surface area is 189 Å². The lowest BCUT2D eigenvalue weighted by Crippen LogP contribution is -2.42. The molecule has 1 atom stereocenters. The Kier molecular flexibility index (Phi) is 12.2. The van der Waals surface area contributed by atoms with Crippen molar-refractivity contribution in [3.8, 4) is 0 Å². The maximum atomic E-state index is 11.9. The summed E-state index contributed by atoms with van der Waals surface area (Å²) in [5, 5.41) is 7.45. The van der Waals surface area contributed by atoms with Gasteiger partial charge in [0.15, 0.2) is 5.96 Å². The van der Waals surface area contributed by atoms with E-state index >= 15 is 0 Å². The molecule has 0 saturated carbocycles. The van der Waals surface area contributed by atoms with Gasteiger partial charge in [0.25, 0.3) is 0 Å². The lowest BCUT2D eigenvalue weighted by molar-refractivity contribution is -0.129. The van der Waals surface area contributed by atoms with Crippen molar-refractivity contribution in [2.45, 2.75) is 43.5 Å². The number of carbonyl (C=O) groups excluding carboxylic acids is 1. The van der Waals surface area contributed by atoms with Gasteiger partial charge in [-0.1, -0.05) is 18.5 Å². The van der Waals surface area contributed by atoms with E-state index in [2.05, 4.69) is 22.5 Å². The number of likely N-dealkylation sites (tertiary alicyclic amines) is 1. The van der Waals surface area contributed by atoms with Crippen molar-refractivity contribution >= 4 is 59.2 Å². The quantitative estimate of drug-likeness (QED) is 0.169. The van der Waals surface area contributed by atoms with Crippen LogP contribution in [-0.4, -0.2) is 55.2 Å². The molecule has 1 saturated heterocycles. The fourth-order valence-corrected chi connectivity index (χ4v) is 3.98. The summed E-state index contributed by atoms with van der Waals surface area (Å²) in [5.41, 5.74) is 0. The van der Waals surface area contributed by atoms with Crippen LogP contribution in [-0.2, 0) is 4.79 Å². The van der Waals surface area contributed by atoms with Gasteiger partial charge in [-0.25, -0.2) is 0 Å². The van der Waals surface area contributed by atoms with Crippen LogP contribution in [0.25, 0.3) is 0 Å². The molecule has 5 nitrogen and oxygen atoms in total. The summed E-state index contributed by atoms with van der Waals surface area (Å²) in [5.74, 6) is 2.06. The number of carbonyl (C=O) groups is 1. The summed E-state index contributed by atoms with van der Waals surface area (Å²) in [6.45, 7) is 4.70. The highest BCUT2D eigenvalue weighted by molar-refractivity contribution is 14.0. The summed E-state index contributed by atoms with van der Waals surface area (Å²) in [7, 11) is 1.78. The Balaban J connectivity index is 0.00000364. The molecule has 1 heterocycles. The maximum Gasteiger partial charge on any atom is 0.222 e. The van der Waals surface area contributed by atoms with Gasteiger partial charge in [-0.05, 0) is 43.5 Å². The fraction of sp³-hybridized carbons (Fsp3) is 0.579. The normalized spacial score (nSPS) is 15.4. The van der Waals surface area contributed by atoms with Crippen molar-refractivity contribution in [2.75, 3.05) is 32.4 Å². The SMILES string of the molecule is CCC(CCNC(=NC)NCCSc1ccc(Cl)cc1)N1CCCC1=O.I. The number of hydrogen-bond donors (Lipinski definition) is 2. The number of nitrogens with zero attached hydrogens (tertiary/aromatic N) is 2. The maximum absolute atomic E-state index is 11.9. The van der Waals surface area contributed by atoms with Gasteiger partial charge in [0, 0.05) is 54.8 Å². The molecular formula is C19H30ClIN4OS. The van der Waals surface area contributed by atoms with E-state index in [0.717, 1.165) is 55.6 Å². The zero-order chi connectivity index (χ0) is 18.8. The van der Waals surface area contributed by atoms with Crippen molar-refractivity contribution in [3.63, 3.8) is 0 Å². The Morgan fingerprint density at radius 3 is 2.59 bits per heavy atom. The molecule has 1 unspecified atom stereocenters. The minimum atomic E-state index is 0. The molecule has 0 aromatic heterocycles. The van der Waals surface area contributed by atoms with Gasteiger partial charge in [-0.2, -0.15) is 0 Å². The van der Waals surface area contributed by atoms with Crippen LogP contribution in [0.3, 0.4) is 0 Å². The highest BCUT2D eigenvalue weighted by Gasteiger charge is 2.26. The van der Waals surface area contributed by atoms with Gasteiger partial charge in [0.2, 0.25) is 5.91 Å². The third-order valence-electron chi connectivity index (χ3n) is 4.49. The average Bonchev–Trinajstić information content (AvgIpc) is 3.08. The number of halogens is 2. The summed E-state index contributed by atoms with van der Waals surface area (Å²) in [4.78, 5) is 19.4. The molecule has 152 valence electrons. The zero-order valence-corrected chi connectivity index (χ0v) is 19.9. The van der Waals surface area contributed by atoms with E-state index < -0.39 is 0 Å². The first-order valence-electron chi connectivity index (χ1n) is 9.26. The predicted molar refractivity (Wildman–Crippen MR) is 127 cm³/mol. The Morgan fingerprint density at radius 2 is 2.00 bits per heavy atom. The summed E-state index contributed by atoms with van der Waals surface area (Å²) >= 11 is 7.68. The molecule has 2 rings (SSSR count). The van der Waals surface area contributed by atoms with Crippen LogP contribution >= 0.6 is 47.3 Å². The Bertz CT molecular complexity index is 600. The number of aliphatic imine (C=N–C) groups is 1. The van der Waals surface area contributed by atoms with Gasteiger partial charge < -0.3 is 15.5 Å². The number of benzene rings is 1. The van der Waals surface area contributed by atoms with E-state index in [9.17, 15) is 4.79 Å². The van der Waals surface area contributed by atoms with E-state index in [4.69, 9.17) is 11.6 Å². The number of thioether (sulfide) groups is 1. The molecule has 0 bridgehead atoms. The van der Waals surface area contributed by atoms with Crippen molar-refractivity contribution in [1.82, 2.24) is 15.5 Å². The second-order valence-corrected chi connectivity index (χ2v) is 7.87. The van der Waals surface area contributed by atoms with E-state index in [1.807, 2.05) is 29.2 Å². The third kappa shape index (κ3) is 8.48. The molecule has 1 aromatic rings. The Morgan fingerprint density at radius 1 is 1.30 bits per heavy atom. The van der Waals surface area contributed by atoms with Crippen LogP contribution in [0.15, 0.2) is 34.2 Å². The van der Waals surface area contributed by atoms with Crippen molar-refractivity contribution in [3.05, 3.63) is 29.3 Å². The van der Waals surface area contributed by atoms with Crippen LogP contribution in [0, 0.1) is 0 Å². The zero-order valence-electron chi connectivity index (χ0n) is 16.0. The third-order valence-corrected chi connectivity index (χ3v) is 5.76. The van der Waals surface area contributed by atoms with Crippen molar-refractivity contribution in [1.29, 1.82) is 0 Å². The van der Waals surface area contributed by atoms with Gasteiger partial charge in [-0.3, -0.25) is 9.79 Å². The summed E-state index contributed by atoms with van der Waals surface area (Å²) < 4.78 is 0. The molecule has 0 aliphatic carbocycles. The molecule has 0 radical (unpaired) electrons. The largest absolute Gasteiger partial charge is 0.356 e. The highest BCUT2D eigenvalue weighted by atomic mass is 127. The molecule has 8 heteroatoms. The first-order valence-corrected chi connectivity index (χ1v) is 10.6. The van der Waals surface area contributed by atoms with Gasteiger partial charge in [0.05, 0.1) is 0 Å². The smallest absolute Gasteiger partial charge is 0.222 e. The van der Waals surface area contributed by atoms with E-state index in [1.54, 1.807) is 18.8 Å². The van der Waals surface area contributed by atoms with Crippen molar-refractivity contribution < 1.29 is 4.79 Å². The molecule has 27 heavy (non-hydrogen) atoms. The number of amides is 1.